The summed E-state index contributed by atoms with van der Waals surface area (Å²) in [5.41, 5.74) is 1.30. The number of carbonyl (C=O) groups excluding carboxylic acids is 2. The number of nitrogens with one attached hydrogen (secondary N) is 1. The summed E-state index contributed by atoms with van der Waals surface area (Å²) >= 11 is 0. The first-order valence-electron chi connectivity index (χ1n) is 6.91. The second-order valence-corrected chi connectivity index (χ2v) is 5.26. The number of amides is 3. The Hall–Kier alpha value is -2.37. The smallest absolute Gasteiger partial charge is 0.328 e. The van der Waals surface area contributed by atoms with Crippen LogP contribution in [-0.2, 0) is 4.79 Å². The standard InChI is InChI=1S/C15H16FN3O2/c1-18-14(20)12(17-15(18)21)9-10-4-5-13(11(16)8-10)19-6-2-3-7-19/h4-5,8-9H,2-3,6-7H2,1H3,(H,17,21)/b12-9+. The fourth-order valence-corrected chi connectivity index (χ4v) is 2.62. The monoisotopic (exact) mass is 289 g/mol. The number of anilines is 1. The molecule has 0 saturated carbocycles. The van der Waals surface area contributed by atoms with E-state index in [2.05, 4.69) is 5.32 Å². The van der Waals surface area contributed by atoms with Crippen LogP contribution >= 0.6 is 0 Å². The highest BCUT2D eigenvalue weighted by Gasteiger charge is 2.30. The lowest BCUT2D eigenvalue weighted by atomic mass is 10.1. The van der Waals surface area contributed by atoms with Gasteiger partial charge in [0.25, 0.3) is 5.91 Å². The molecule has 2 aliphatic rings. The van der Waals surface area contributed by atoms with Gasteiger partial charge in [0, 0.05) is 20.1 Å². The lowest BCUT2D eigenvalue weighted by Gasteiger charge is -2.18. The summed E-state index contributed by atoms with van der Waals surface area (Å²) in [4.78, 5) is 26.1. The maximum absolute atomic E-state index is 14.2. The Morgan fingerprint density at radius 2 is 1.95 bits per heavy atom. The predicted molar refractivity (Wildman–Crippen MR) is 77.1 cm³/mol. The van der Waals surface area contributed by atoms with Crippen LogP contribution in [0.25, 0.3) is 6.08 Å². The Bertz CT molecular complexity index is 636. The molecule has 0 spiro atoms. The zero-order valence-electron chi connectivity index (χ0n) is 11.7. The molecule has 3 amide bonds. The van der Waals surface area contributed by atoms with Gasteiger partial charge in [-0.2, -0.15) is 0 Å². The van der Waals surface area contributed by atoms with E-state index in [1.165, 1.54) is 19.2 Å². The van der Waals surface area contributed by atoms with E-state index < -0.39 is 11.9 Å². The Morgan fingerprint density at radius 1 is 1.24 bits per heavy atom. The lowest BCUT2D eigenvalue weighted by Crippen LogP contribution is -2.25. The van der Waals surface area contributed by atoms with Crippen LogP contribution in [0.3, 0.4) is 0 Å². The van der Waals surface area contributed by atoms with Gasteiger partial charge in [0.2, 0.25) is 0 Å². The minimum absolute atomic E-state index is 0.163. The quantitative estimate of drug-likeness (QED) is 0.669. The molecule has 1 aromatic carbocycles. The summed E-state index contributed by atoms with van der Waals surface area (Å²) in [5, 5.41) is 2.46. The molecule has 0 radical (unpaired) electrons. The predicted octanol–water partition coefficient (Wildman–Crippen LogP) is 1.95. The third kappa shape index (κ3) is 2.49. The maximum Gasteiger partial charge on any atom is 0.328 e. The molecule has 0 aliphatic carbocycles. The van der Waals surface area contributed by atoms with Gasteiger partial charge in [0.1, 0.15) is 11.5 Å². The number of hydrogen-bond acceptors (Lipinski definition) is 3. The molecule has 1 N–H and O–H groups in total. The van der Waals surface area contributed by atoms with E-state index >= 15 is 0 Å². The van der Waals surface area contributed by atoms with Gasteiger partial charge in [0.05, 0.1) is 5.69 Å². The number of urea groups is 1. The maximum atomic E-state index is 14.2. The van der Waals surface area contributed by atoms with E-state index in [1.54, 1.807) is 12.1 Å². The van der Waals surface area contributed by atoms with Crippen LogP contribution in [0.1, 0.15) is 18.4 Å². The first-order chi connectivity index (χ1) is 10.1. The van der Waals surface area contributed by atoms with Gasteiger partial charge in [-0.15, -0.1) is 0 Å². The summed E-state index contributed by atoms with van der Waals surface area (Å²) in [7, 11) is 1.40. The molecule has 3 rings (SSSR count). The fraction of sp³-hybridized carbons (Fsp3) is 0.333. The molecule has 0 aromatic heterocycles. The van der Waals surface area contributed by atoms with Crippen molar-refractivity contribution in [2.24, 2.45) is 0 Å². The van der Waals surface area contributed by atoms with Crippen molar-refractivity contribution in [3.63, 3.8) is 0 Å². The van der Waals surface area contributed by atoms with E-state index in [0.29, 0.717) is 11.3 Å². The summed E-state index contributed by atoms with van der Waals surface area (Å²) in [6.07, 6.45) is 3.65. The van der Waals surface area contributed by atoms with Crippen LogP contribution in [0.4, 0.5) is 14.9 Å². The zero-order valence-corrected chi connectivity index (χ0v) is 11.7. The van der Waals surface area contributed by atoms with Gasteiger partial charge in [0.15, 0.2) is 0 Å². The molecule has 21 heavy (non-hydrogen) atoms. The molecule has 2 heterocycles. The third-order valence-corrected chi connectivity index (χ3v) is 3.81. The van der Waals surface area contributed by atoms with Crippen molar-refractivity contribution < 1.29 is 14.0 Å². The molecule has 1 aromatic rings. The summed E-state index contributed by atoms with van der Waals surface area (Å²) in [5.74, 6) is -0.722. The van der Waals surface area contributed by atoms with Gasteiger partial charge in [-0.1, -0.05) is 6.07 Å². The molecule has 0 unspecified atom stereocenters. The van der Waals surface area contributed by atoms with Crippen LogP contribution < -0.4 is 10.2 Å². The Kier molecular flexibility index (Phi) is 3.37. The molecule has 2 saturated heterocycles. The van der Waals surface area contributed by atoms with Crippen molar-refractivity contribution in [2.75, 3.05) is 25.0 Å². The highest BCUT2D eigenvalue weighted by atomic mass is 19.1. The second-order valence-electron chi connectivity index (χ2n) is 5.26. The normalized spacial score (nSPS) is 20.6. The highest BCUT2D eigenvalue weighted by molar-refractivity contribution is 6.13. The van der Waals surface area contributed by atoms with Crippen molar-refractivity contribution in [3.8, 4) is 0 Å². The van der Waals surface area contributed by atoms with Crippen LogP contribution in [0.15, 0.2) is 23.9 Å². The van der Waals surface area contributed by atoms with Gasteiger partial charge < -0.3 is 10.2 Å². The molecule has 2 aliphatic heterocycles. The van der Waals surface area contributed by atoms with E-state index in [1.807, 2.05) is 4.90 Å². The SMILES string of the molecule is CN1C(=O)N/C(=C/c2ccc(N3CCCC3)c(F)c2)C1=O. The van der Waals surface area contributed by atoms with E-state index in [9.17, 15) is 14.0 Å². The number of nitrogens with zero attached hydrogens (tertiary/aromatic N) is 2. The highest BCUT2D eigenvalue weighted by Crippen LogP contribution is 2.25. The first kappa shape index (κ1) is 13.6. The summed E-state index contributed by atoms with van der Waals surface area (Å²) in [6, 6.07) is 4.39. The van der Waals surface area contributed by atoms with Crippen LogP contribution in [0, 0.1) is 5.82 Å². The number of likely N-dealkylation sites (N-methyl/N-ethyl adjacent to an activating group) is 1. The molecular formula is C15H16FN3O2. The van der Waals surface area contributed by atoms with Crippen LogP contribution in [0.2, 0.25) is 0 Å². The Balaban J connectivity index is 1.86. The second kappa shape index (κ2) is 5.20. The van der Waals surface area contributed by atoms with E-state index in [4.69, 9.17) is 0 Å². The number of benzene rings is 1. The average molecular weight is 289 g/mol. The average Bonchev–Trinajstić information content (AvgIpc) is 3.05. The number of hydrogen-bond donors (Lipinski definition) is 1. The Morgan fingerprint density at radius 3 is 2.52 bits per heavy atom. The van der Waals surface area contributed by atoms with Crippen molar-refractivity contribution >= 4 is 23.7 Å². The van der Waals surface area contributed by atoms with Crippen molar-refractivity contribution in [2.45, 2.75) is 12.8 Å². The summed E-state index contributed by atoms with van der Waals surface area (Å²) < 4.78 is 14.2. The van der Waals surface area contributed by atoms with Crippen LogP contribution in [0.5, 0.6) is 0 Å². The summed E-state index contributed by atoms with van der Waals surface area (Å²) in [6.45, 7) is 1.74. The van der Waals surface area contributed by atoms with Crippen molar-refractivity contribution in [1.29, 1.82) is 0 Å². The first-order valence-corrected chi connectivity index (χ1v) is 6.91. The zero-order chi connectivity index (χ0) is 15.0. The number of imide groups is 1. The third-order valence-electron chi connectivity index (χ3n) is 3.81. The van der Waals surface area contributed by atoms with Crippen molar-refractivity contribution in [1.82, 2.24) is 10.2 Å². The Labute approximate surface area is 122 Å². The fourth-order valence-electron chi connectivity index (χ4n) is 2.62. The molecule has 0 atom stereocenters. The van der Waals surface area contributed by atoms with E-state index in [-0.39, 0.29) is 11.5 Å². The number of halogens is 1. The van der Waals surface area contributed by atoms with Gasteiger partial charge in [-0.05, 0) is 36.6 Å². The van der Waals surface area contributed by atoms with Gasteiger partial charge >= 0.3 is 6.03 Å². The number of rotatable bonds is 2. The minimum atomic E-state index is -0.472. The largest absolute Gasteiger partial charge is 0.369 e. The molecule has 0 bridgehead atoms. The molecule has 2 fully saturated rings. The topological polar surface area (TPSA) is 52.7 Å². The number of carbonyl (C=O) groups is 2. The lowest BCUT2D eigenvalue weighted by molar-refractivity contribution is -0.121. The molecule has 6 heteroatoms. The molecule has 110 valence electrons. The molecule has 5 nitrogen and oxygen atoms in total. The van der Waals surface area contributed by atoms with Gasteiger partial charge in [-0.25, -0.2) is 9.18 Å². The molecular weight excluding hydrogens is 273 g/mol. The van der Waals surface area contributed by atoms with Crippen LogP contribution in [-0.4, -0.2) is 37.0 Å². The minimum Gasteiger partial charge on any atom is -0.369 e. The van der Waals surface area contributed by atoms with Crippen molar-refractivity contribution in [3.05, 3.63) is 35.3 Å². The van der Waals surface area contributed by atoms with Gasteiger partial charge in [-0.3, -0.25) is 9.69 Å². The van der Waals surface area contributed by atoms with E-state index in [0.717, 1.165) is 30.8 Å².